The summed E-state index contributed by atoms with van der Waals surface area (Å²) >= 11 is 0. The minimum atomic E-state index is -0.567. The number of hydrogen-bond donors (Lipinski definition) is 0. The van der Waals surface area contributed by atoms with E-state index in [4.69, 9.17) is 9.72 Å². The van der Waals surface area contributed by atoms with Gasteiger partial charge in [-0.05, 0) is 38.3 Å². The maximum absolute atomic E-state index is 13.5. The molecule has 2 aromatic carbocycles. The normalized spacial score (nSPS) is 13.5. The van der Waals surface area contributed by atoms with Crippen molar-refractivity contribution in [2.24, 2.45) is 0 Å². The van der Waals surface area contributed by atoms with Crippen molar-refractivity contribution < 1.29 is 9.53 Å². The van der Waals surface area contributed by atoms with Gasteiger partial charge in [-0.25, -0.2) is 9.78 Å². The number of fused-ring (bicyclic) bond motifs is 1. The molecule has 0 spiro atoms. The fourth-order valence-corrected chi connectivity index (χ4v) is 3.90. The van der Waals surface area contributed by atoms with Crippen molar-refractivity contribution in [3.05, 3.63) is 99.2 Å². The zero-order chi connectivity index (χ0) is 22.7. The molecule has 4 rings (SSSR count). The van der Waals surface area contributed by atoms with Crippen LogP contribution in [0, 0.1) is 0 Å². The van der Waals surface area contributed by atoms with Gasteiger partial charge in [0.1, 0.15) is 11.4 Å². The van der Waals surface area contributed by atoms with Gasteiger partial charge >= 0.3 is 6.09 Å². The van der Waals surface area contributed by atoms with Gasteiger partial charge in [0.25, 0.3) is 5.56 Å². The van der Waals surface area contributed by atoms with Crippen molar-refractivity contribution in [2.75, 3.05) is 6.54 Å². The maximum atomic E-state index is 13.5. The predicted molar refractivity (Wildman–Crippen MR) is 124 cm³/mol. The second-order valence-electron chi connectivity index (χ2n) is 9.14. The van der Waals surface area contributed by atoms with Crippen LogP contribution in [0.5, 0.6) is 0 Å². The molecule has 32 heavy (non-hydrogen) atoms. The lowest BCUT2D eigenvalue weighted by molar-refractivity contribution is 0.0219. The van der Waals surface area contributed by atoms with E-state index in [0.717, 1.165) is 11.1 Å². The Morgan fingerprint density at radius 1 is 1.00 bits per heavy atom. The first-order chi connectivity index (χ1) is 15.3. The molecule has 0 N–H and O–H groups in total. The van der Waals surface area contributed by atoms with Crippen molar-refractivity contribution in [2.45, 2.75) is 52.3 Å². The first kappa shape index (κ1) is 21.8. The van der Waals surface area contributed by atoms with Gasteiger partial charge in [-0.2, -0.15) is 0 Å². The van der Waals surface area contributed by atoms with Crippen LogP contribution in [0.15, 0.2) is 65.5 Å². The van der Waals surface area contributed by atoms with E-state index in [9.17, 15) is 9.59 Å². The van der Waals surface area contributed by atoms with Gasteiger partial charge in [-0.15, -0.1) is 0 Å². The molecule has 0 fully saturated rings. The highest BCUT2D eigenvalue weighted by Gasteiger charge is 2.29. The van der Waals surface area contributed by atoms with Gasteiger partial charge in [-0.3, -0.25) is 9.36 Å². The van der Waals surface area contributed by atoms with E-state index in [1.54, 1.807) is 9.47 Å². The number of aromatic nitrogens is 2. The zero-order valence-corrected chi connectivity index (χ0v) is 18.9. The summed E-state index contributed by atoms with van der Waals surface area (Å²) in [6, 6.07) is 20.0. The molecule has 0 aliphatic carbocycles. The number of carbonyl (C=O) groups is 1. The van der Waals surface area contributed by atoms with Crippen LogP contribution in [0.1, 0.15) is 49.0 Å². The summed E-state index contributed by atoms with van der Waals surface area (Å²) in [5.74, 6) is 0.704. The third-order valence-corrected chi connectivity index (χ3v) is 5.44. The van der Waals surface area contributed by atoms with Crippen LogP contribution in [0.25, 0.3) is 0 Å². The van der Waals surface area contributed by atoms with Crippen molar-refractivity contribution in [1.82, 2.24) is 14.5 Å². The van der Waals surface area contributed by atoms with Gasteiger partial charge in [0.15, 0.2) is 0 Å². The highest BCUT2D eigenvalue weighted by atomic mass is 16.6. The summed E-state index contributed by atoms with van der Waals surface area (Å²) in [5, 5.41) is 0. The minimum Gasteiger partial charge on any atom is -0.444 e. The molecule has 1 aliphatic rings. The molecule has 6 nitrogen and oxygen atoms in total. The monoisotopic (exact) mass is 431 g/mol. The van der Waals surface area contributed by atoms with E-state index >= 15 is 0 Å². The van der Waals surface area contributed by atoms with Gasteiger partial charge < -0.3 is 9.64 Å². The molecule has 0 saturated carbocycles. The Balaban J connectivity index is 1.70. The molecule has 0 unspecified atom stereocenters. The van der Waals surface area contributed by atoms with Crippen LogP contribution in [0.4, 0.5) is 4.79 Å². The first-order valence-electron chi connectivity index (χ1n) is 11.0. The first-order valence-corrected chi connectivity index (χ1v) is 11.0. The van der Waals surface area contributed by atoms with E-state index in [2.05, 4.69) is 0 Å². The lowest BCUT2D eigenvalue weighted by atomic mass is 10.1. The van der Waals surface area contributed by atoms with Gasteiger partial charge in [-0.1, -0.05) is 60.7 Å². The fourth-order valence-electron chi connectivity index (χ4n) is 3.90. The molecule has 1 aliphatic heterocycles. The number of benzene rings is 2. The third-order valence-electron chi connectivity index (χ3n) is 5.44. The summed E-state index contributed by atoms with van der Waals surface area (Å²) < 4.78 is 7.31. The highest BCUT2D eigenvalue weighted by Crippen LogP contribution is 2.19. The number of ether oxygens (including phenoxy) is 1. The lowest BCUT2D eigenvalue weighted by Crippen LogP contribution is -2.43. The Bertz CT molecular complexity index is 1150. The predicted octanol–water partition coefficient (Wildman–Crippen LogP) is 4.18. The minimum absolute atomic E-state index is 0.0198. The largest absolute Gasteiger partial charge is 0.444 e. The van der Waals surface area contributed by atoms with Gasteiger partial charge in [0.2, 0.25) is 0 Å². The Hall–Kier alpha value is -3.41. The van der Waals surface area contributed by atoms with Crippen molar-refractivity contribution >= 4 is 6.09 Å². The van der Waals surface area contributed by atoms with Crippen molar-refractivity contribution in [3.63, 3.8) is 0 Å². The molecule has 0 bridgehead atoms. The highest BCUT2D eigenvalue weighted by molar-refractivity contribution is 5.68. The van der Waals surface area contributed by atoms with E-state index in [-0.39, 0.29) is 18.2 Å². The summed E-state index contributed by atoms with van der Waals surface area (Å²) in [6.07, 6.45) is 0.645. The second-order valence-corrected chi connectivity index (χ2v) is 9.14. The number of nitrogens with zero attached hydrogens (tertiary/aromatic N) is 3. The zero-order valence-electron chi connectivity index (χ0n) is 18.9. The number of rotatable bonds is 4. The van der Waals surface area contributed by atoms with Crippen molar-refractivity contribution in [3.8, 4) is 0 Å². The molecule has 2 heterocycles. The quantitative estimate of drug-likeness (QED) is 0.622. The smallest absolute Gasteiger partial charge is 0.410 e. The fraction of sp³-hybridized carbons (Fsp3) is 0.346. The maximum Gasteiger partial charge on any atom is 0.410 e. The Kier molecular flexibility index (Phi) is 6.12. The van der Waals surface area contributed by atoms with Crippen LogP contribution in [-0.2, 0) is 30.7 Å². The van der Waals surface area contributed by atoms with Gasteiger partial charge in [0, 0.05) is 18.5 Å². The molecular formula is C26H29N3O3. The van der Waals surface area contributed by atoms with Crippen LogP contribution < -0.4 is 5.56 Å². The summed E-state index contributed by atoms with van der Waals surface area (Å²) in [6.45, 7) is 6.75. The van der Waals surface area contributed by atoms with Crippen molar-refractivity contribution in [1.29, 1.82) is 0 Å². The van der Waals surface area contributed by atoms with Crippen LogP contribution in [0.3, 0.4) is 0 Å². The SMILES string of the molecule is CC(C)(C)OC(=O)N1CCc2c(nc(Cc3ccccc3)n(Cc3ccccc3)c2=O)C1. The van der Waals surface area contributed by atoms with E-state index in [1.807, 2.05) is 81.4 Å². The third kappa shape index (κ3) is 5.07. The standard InChI is InChI=1S/C26H29N3O3/c1-26(2,3)32-25(31)28-15-14-21-22(18-28)27-23(16-19-10-6-4-7-11-19)29(24(21)30)17-20-12-8-5-9-13-20/h4-13H,14-18H2,1-3H3. The second kappa shape index (κ2) is 8.99. The van der Waals surface area contributed by atoms with Crippen LogP contribution in [-0.4, -0.2) is 32.7 Å². The number of hydrogen-bond acceptors (Lipinski definition) is 4. The topological polar surface area (TPSA) is 64.4 Å². The Morgan fingerprint density at radius 3 is 2.25 bits per heavy atom. The molecule has 3 aromatic rings. The molecule has 0 saturated heterocycles. The average Bonchev–Trinajstić information content (AvgIpc) is 2.76. The molecule has 0 radical (unpaired) electrons. The number of amides is 1. The summed E-state index contributed by atoms with van der Waals surface area (Å²) in [4.78, 5) is 32.6. The molecular weight excluding hydrogens is 402 g/mol. The Morgan fingerprint density at radius 2 is 1.62 bits per heavy atom. The molecule has 6 heteroatoms. The lowest BCUT2D eigenvalue weighted by Gasteiger charge is -2.31. The number of carbonyl (C=O) groups excluding carboxylic acids is 1. The van der Waals surface area contributed by atoms with Gasteiger partial charge in [0.05, 0.1) is 18.8 Å². The average molecular weight is 432 g/mol. The Labute approximate surface area is 188 Å². The summed E-state index contributed by atoms with van der Waals surface area (Å²) in [7, 11) is 0. The van der Waals surface area contributed by atoms with E-state index in [1.165, 1.54) is 0 Å². The molecule has 166 valence electrons. The molecule has 1 aromatic heterocycles. The van der Waals surface area contributed by atoms with E-state index in [0.29, 0.717) is 43.0 Å². The molecule has 0 atom stereocenters. The van der Waals surface area contributed by atoms with Crippen LogP contribution in [0.2, 0.25) is 0 Å². The summed E-state index contributed by atoms with van der Waals surface area (Å²) in [5.41, 5.74) is 2.91. The van der Waals surface area contributed by atoms with E-state index < -0.39 is 5.60 Å². The molecule has 1 amide bonds. The van der Waals surface area contributed by atoms with Crippen LogP contribution >= 0.6 is 0 Å².